The van der Waals surface area contributed by atoms with Gasteiger partial charge in [0.15, 0.2) is 0 Å². The molecule has 1 fully saturated rings. The van der Waals surface area contributed by atoms with Crippen LogP contribution < -0.4 is 10.6 Å². The van der Waals surface area contributed by atoms with Gasteiger partial charge in [-0.25, -0.2) is 0 Å². The van der Waals surface area contributed by atoms with Gasteiger partial charge < -0.3 is 10.6 Å². The second kappa shape index (κ2) is 5.22. The minimum Gasteiger partial charge on any atom is -0.359 e. The van der Waals surface area contributed by atoms with Gasteiger partial charge in [0.05, 0.1) is 0 Å². The van der Waals surface area contributed by atoms with Crippen LogP contribution in [0, 0.1) is 5.92 Å². The molecular formula is C10H20N2O. The van der Waals surface area contributed by atoms with Crippen LogP contribution in [0.5, 0.6) is 0 Å². The van der Waals surface area contributed by atoms with Crippen molar-refractivity contribution in [2.24, 2.45) is 5.92 Å². The first-order chi connectivity index (χ1) is 6.22. The standard InChI is InChI=1S/C10H20N2O/c1-8(7-9-3-4-9)12-6-5-10(13)11-2/h8-9,12H,3-7H2,1-2H3,(H,11,13). The second-order valence-corrected chi connectivity index (χ2v) is 3.96. The molecule has 1 rings (SSSR count). The van der Waals surface area contributed by atoms with Gasteiger partial charge in [0.2, 0.25) is 5.91 Å². The molecule has 3 heteroatoms. The second-order valence-electron chi connectivity index (χ2n) is 3.96. The van der Waals surface area contributed by atoms with Crippen LogP contribution in [0.15, 0.2) is 0 Å². The molecule has 13 heavy (non-hydrogen) atoms. The molecule has 1 aliphatic carbocycles. The van der Waals surface area contributed by atoms with Gasteiger partial charge in [-0.15, -0.1) is 0 Å². The number of hydrogen-bond donors (Lipinski definition) is 2. The molecule has 0 spiro atoms. The zero-order valence-corrected chi connectivity index (χ0v) is 8.60. The lowest BCUT2D eigenvalue weighted by atomic mass is 10.1. The number of carbonyl (C=O) groups excluding carboxylic acids is 1. The minimum absolute atomic E-state index is 0.117. The predicted molar refractivity (Wildman–Crippen MR) is 53.5 cm³/mol. The van der Waals surface area contributed by atoms with Gasteiger partial charge in [0.1, 0.15) is 0 Å². The smallest absolute Gasteiger partial charge is 0.221 e. The van der Waals surface area contributed by atoms with Gasteiger partial charge >= 0.3 is 0 Å². The lowest BCUT2D eigenvalue weighted by Crippen LogP contribution is -2.31. The van der Waals surface area contributed by atoms with E-state index in [1.165, 1.54) is 19.3 Å². The van der Waals surface area contributed by atoms with Gasteiger partial charge in [-0.2, -0.15) is 0 Å². The van der Waals surface area contributed by atoms with Gasteiger partial charge in [0.25, 0.3) is 0 Å². The number of amides is 1. The van der Waals surface area contributed by atoms with E-state index in [1.54, 1.807) is 7.05 Å². The van der Waals surface area contributed by atoms with Crippen molar-refractivity contribution in [1.82, 2.24) is 10.6 Å². The molecule has 0 aromatic carbocycles. The molecule has 76 valence electrons. The molecule has 0 radical (unpaired) electrons. The minimum atomic E-state index is 0.117. The highest BCUT2D eigenvalue weighted by Gasteiger charge is 2.23. The highest BCUT2D eigenvalue weighted by atomic mass is 16.1. The van der Waals surface area contributed by atoms with Crippen LogP contribution >= 0.6 is 0 Å². The Morgan fingerprint density at radius 2 is 2.23 bits per heavy atom. The first kappa shape index (κ1) is 10.5. The molecule has 0 aromatic heterocycles. The fourth-order valence-electron chi connectivity index (χ4n) is 1.49. The molecule has 1 aliphatic rings. The summed E-state index contributed by atoms with van der Waals surface area (Å²) in [5.74, 6) is 1.08. The summed E-state index contributed by atoms with van der Waals surface area (Å²) < 4.78 is 0. The fourth-order valence-corrected chi connectivity index (χ4v) is 1.49. The molecule has 0 bridgehead atoms. The monoisotopic (exact) mass is 184 g/mol. The molecule has 0 heterocycles. The van der Waals surface area contributed by atoms with Crippen molar-refractivity contribution in [1.29, 1.82) is 0 Å². The van der Waals surface area contributed by atoms with Crippen LogP contribution in [0.1, 0.15) is 32.6 Å². The number of nitrogens with one attached hydrogen (secondary N) is 2. The first-order valence-corrected chi connectivity index (χ1v) is 5.16. The third-order valence-electron chi connectivity index (χ3n) is 2.51. The topological polar surface area (TPSA) is 41.1 Å². The van der Waals surface area contributed by atoms with Gasteiger partial charge in [0, 0.05) is 26.1 Å². The fraction of sp³-hybridized carbons (Fsp3) is 0.900. The van der Waals surface area contributed by atoms with Crippen molar-refractivity contribution < 1.29 is 4.79 Å². The molecule has 1 atom stereocenters. The Balaban J connectivity index is 1.94. The Hall–Kier alpha value is -0.570. The molecule has 1 saturated carbocycles. The predicted octanol–water partition coefficient (Wildman–Crippen LogP) is 0.901. The molecule has 3 nitrogen and oxygen atoms in total. The summed E-state index contributed by atoms with van der Waals surface area (Å²) in [7, 11) is 1.68. The quantitative estimate of drug-likeness (QED) is 0.644. The molecule has 2 N–H and O–H groups in total. The summed E-state index contributed by atoms with van der Waals surface area (Å²) >= 11 is 0. The maximum Gasteiger partial charge on any atom is 0.221 e. The SMILES string of the molecule is CNC(=O)CCNC(C)CC1CC1. The van der Waals surface area contributed by atoms with E-state index < -0.39 is 0 Å². The summed E-state index contributed by atoms with van der Waals surface area (Å²) in [5.41, 5.74) is 0. The zero-order valence-electron chi connectivity index (χ0n) is 8.60. The van der Waals surface area contributed by atoms with E-state index in [-0.39, 0.29) is 5.91 Å². The van der Waals surface area contributed by atoms with Crippen LogP contribution in [0.25, 0.3) is 0 Å². The average Bonchev–Trinajstić information content (AvgIpc) is 2.88. The normalized spacial score (nSPS) is 18.3. The zero-order chi connectivity index (χ0) is 9.68. The third-order valence-corrected chi connectivity index (χ3v) is 2.51. The summed E-state index contributed by atoms with van der Waals surface area (Å²) in [6.45, 7) is 3.00. The average molecular weight is 184 g/mol. The lowest BCUT2D eigenvalue weighted by molar-refractivity contribution is -0.120. The van der Waals surface area contributed by atoms with E-state index in [0.717, 1.165) is 12.5 Å². The van der Waals surface area contributed by atoms with Crippen molar-refractivity contribution in [3.8, 4) is 0 Å². The maximum atomic E-state index is 10.9. The molecule has 0 saturated heterocycles. The van der Waals surface area contributed by atoms with E-state index >= 15 is 0 Å². The summed E-state index contributed by atoms with van der Waals surface area (Å²) in [6, 6.07) is 0.567. The van der Waals surface area contributed by atoms with Crippen molar-refractivity contribution in [2.75, 3.05) is 13.6 Å². The van der Waals surface area contributed by atoms with Crippen molar-refractivity contribution in [3.05, 3.63) is 0 Å². The number of carbonyl (C=O) groups is 1. The molecule has 1 unspecified atom stereocenters. The summed E-state index contributed by atoms with van der Waals surface area (Å²) in [5, 5.41) is 5.97. The van der Waals surface area contributed by atoms with E-state index in [1.807, 2.05) is 0 Å². The summed E-state index contributed by atoms with van der Waals surface area (Å²) in [4.78, 5) is 10.9. The van der Waals surface area contributed by atoms with E-state index in [2.05, 4.69) is 17.6 Å². The Kier molecular flexibility index (Phi) is 4.22. The largest absolute Gasteiger partial charge is 0.359 e. The van der Waals surface area contributed by atoms with E-state index in [9.17, 15) is 4.79 Å². The summed E-state index contributed by atoms with van der Waals surface area (Å²) in [6.07, 6.45) is 4.67. The lowest BCUT2D eigenvalue weighted by Gasteiger charge is -2.12. The van der Waals surface area contributed by atoms with Crippen LogP contribution in [0.2, 0.25) is 0 Å². The van der Waals surface area contributed by atoms with Crippen molar-refractivity contribution in [3.63, 3.8) is 0 Å². The highest BCUT2D eigenvalue weighted by molar-refractivity contribution is 5.75. The first-order valence-electron chi connectivity index (χ1n) is 5.16. The number of hydrogen-bond acceptors (Lipinski definition) is 2. The van der Waals surface area contributed by atoms with Crippen LogP contribution in [-0.2, 0) is 4.79 Å². The Bertz CT molecular complexity index is 166. The Morgan fingerprint density at radius 1 is 1.54 bits per heavy atom. The van der Waals surface area contributed by atoms with E-state index in [0.29, 0.717) is 12.5 Å². The van der Waals surface area contributed by atoms with E-state index in [4.69, 9.17) is 0 Å². The van der Waals surface area contributed by atoms with Crippen molar-refractivity contribution >= 4 is 5.91 Å². The van der Waals surface area contributed by atoms with Crippen LogP contribution in [-0.4, -0.2) is 25.5 Å². The molecule has 0 aromatic rings. The Labute approximate surface area is 80.3 Å². The van der Waals surface area contributed by atoms with Gasteiger partial charge in [-0.05, 0) is 19.3 Å². The molecular weight excluding hydrogens is 164 g/mol. The highest BCUT2D eigenvalue weighted by Crippen LogP contribution is 2.33. The number of rotatable bonds is 6. The maximum absolute atomic E-state index is 10.9. The van der Waals surface area contributed by atoms with Crippen LogP contribution in [0.3, 0.4) is 0 Å². The molecule has 0 aliphatic heterocycles. The Morgan fingerprint density at radius 3 is 2.77 bits per heavy atom. The third kappa shape index (κ3) is 4.88. The van der Waals surface area contributed by atoms with Gasteiger partial charge in [-0.3, -0.25) is 4.79 Å². The van der Waals surface area contributed by atoms with Gasteiger partial charge in [-0.1, -0.05) is 12.8 Å². The van der Waals surface area contributed by atoms with Crippen molar-refractivity contribution in [2.45, 2.75) is 38.6 Å². The van der Waals surface area contributed by atoms with Crippen LogP contribution in [0.4, 0.5) is 0 Å². The molecule has 1 amide bonds.